The molecule has 2 rings (SSSR count). The topological polar surface area (TPSA) is 47.6 Å². The van der Waals surface area contributed by atoms with Crippen molar-refractivity contribution in [1.29, 1.82) is 0 Å². The summed E-state index contributed by atoms with van der Waals surface area (Å²) in [6.45, 7) is 4.04. The maximum absolute atomic E-state index is 11.9. The number of nitrogens with one attached hydrogen (secondary N) is 1. The zero-order chi connectivity index (χ0) is 15.8. The molecule has 0 aromatic heterocycles. The Balaban J connectivity index is 2.16. The van der Waals surface area contributed by atoms with E-state index in [0.29, 0.717) is 24.5 Å². The second-order valence-electron chi connectivity index (χ2n) is 4.88. The average Bonchev–Trinajstić information content (AvgIpc) is 2.58. The van der Waals surface area contributed by atoms with Gasteiger partial charge < -0.3 is 14.8 Å². The number of ether oxygens (including phenoxy) is 2. The standard InChI is InChI=1S/C18H21NO3/c1-3-19-12-15-9-10-17(16(11-15)18(20)21-2)22-13-14-7-5-4-6-8-14/h4-11,19H,3,12-13H2,1-2H3. The summed E-state index contributed by atoms with van der Waals surface area (Å²) in [5.41, 5.74) is 2.53. The SMILES string of the molecule is CCNCc1ccc(OCc2ccccc2)c(C(=O)OC)c1. The summed E-state index contributed by atoms with van der Waals surface area (Å²) < 4.78 is 10.6. The highest BCUT2D eigenvalue weighted by Gasteiger charge is 2.14. The van der Waals surface area contributed by atoms with Crippen molar-refractivity contribution in [2.75, 3.05) is 13.7 Å². The maximum Gasteiger partial charge on any atom is 0.341 e. The van der Waals surface area contributed by atoms with E-state index in [2.05, 4.69) is 5.32 Å². The molecule has 0 spiro atoms. The molecule has 0 aliphatic carbocycles. The number of esters is 1. The Morgan fingerprint density at radius 2 is 1.86 bits per heavy atom. The molecule has 0 fully saturated rings. The van der Waals surface area contributed by atoms with Gasteiger partial charge in [0.05, 0.1) is 7.11 Å². The Bertz CT molecular complexity index is 611. The van der Waals surface area contributed by atoms with Crippen LogP contribution in [0.5, 0.6) is 5.75 Å². The first-order valence-corrected chi connectivity index (χ1v) is 7.33. The average molecular weight is 299 g/mol. The highest BCUT2D eigenvalue weighted by molar-refractivity contribution is 5.92. The van der Waals surface area contributed by atoms with Gasteiger partial charge in [0.25, 0.3) is 0 Å². The van der Waals surface area contributed by atoms with E-state index >= 15 is 0 Å². The molecule has 0 aliphatic heterocycles. The van der Waals surface area contributed by atoms with E-state index in [4.69, 9.17) is 9.47 Å². The van der Waals surface area contributed by atoms with Crippen LogP contribution in [0.1, 0.15) is 28.4 Å². The zero-order valence-electron chi connectivity index (χ0n) is 13.0. The molecule has 0 bridgehead atoms. The van der Waals surface area contributed by atoms with E-state index in [1.807, 2.05) is 55.5 Å². The van der Waals surface area contributed by atoms with Crippen molar-refractivity contribution in [1.82, 2.24) is 5.32 Å². The van der Waals surface area contributed by atoms with E-state index in [1.54, 1.807) is 0 Å². The summed E-state index contributed by atoms with van der Waals surface area (Å²) in [5, 5.41) is 3.23. The van der Waals surface area contributed by atoms with Crippen molar-refractivity contribution in [2.24, 2.45) is 0 Å². The third-order valence-electron chi connectivity index (χ3n) is 3.27. The lowest BCUT2D eigenvalue weighted by Crippen LogP contribution is -2.13. The second kappa shape index (κ2) is 8.20. The Hall–Kier alpha value is -2.33. The van der Waals surface area contributed by atoms with E-state index in [9.17, 15) is 4.79 Å². The van der Waals surface area contributed by atoms with E-state index in [1.165, 1.54) is 7.11 Å². The highest BCUT2D eigenvalue weighted by atomic mass is 16.5. The maximum atomic E-state index is 11.9. The molecule has 0 aliphatic rings. The number of rotatable bonds is 7. The summed E-state index contributed by atoms with van der Waals surface area (Å²) >= 11 is 0. The lowest BCUT2D eigenvalue weighted by Gasteiger charge is -2.12. The number of methoxy groups -OCH3 is 1. The molecule has 0 saturated heterocycles. The number of carbonyl (C=O) groups is 1. The van der Waals surface area contributed by atoms with Gasteiger partial charge in [0.15, 0.2) is 0 Å². The van der Waals surface area contributed by atoms with Gasteiger partial charge in [-0.1, -0.05) is 43.3 Å². The normalized spacial score (nSPS) is 10.3. The summed E-state index contributed by atoms with van der Waals surface area (Å²) in [6.07, 6.45) is 0. The molecule has 0 radical (unpaired) electrons. The molecule has 0 heterocycles. The molecule has 0 amide bonds. The molecule has 2 aromatic rings. The quantitative estimate of drug-likeness (QED) is 0.798. The van der Waals surface area contributed by atoms with Crippen molar-refractivity contribution < 1.29 is 14.3 Å². The first-order chi connectivity index (χ1) is 10.7. The third-order valence-corrected chi connectivity index (χ3v) is 3.27. The smallest absolute Gasteiger partial charge is 0.341 e. The molecule has 116 valence electrons. The lowest BCUT2D eigenvalue weighted by molar-refractivity contribution is 0.0595. The van der Waals surface area contributed by atoms with Gasteiger partial charge in [-0.15, -0.1) is 0 Å². The van der Waals surface area contributed by atoms with Gasteiger partial charge >= 0.3 is 5.97 Å². The predicted octanol–water partition coefficient (Wildman–Crippen LogP) is 3.16. The summed E-state index contributed by atoms with van der Waals surface area (Å²) in [4.78, 5) is 11.9. The van der Waals surface area contributed by atoms with Crippen LogP contribution in [0.15, 0.2) is 48.5 Å². The molecule has 22 heavy (non-hydrogen) atoms. The second-order valence-corrected chi connectivity index (χ2v) is 4.88. The molecule has 2 aromatic carbocycles. The molecule has 0 saturated carbocycles. The van der Waals surface area contributed by atoms with Crippen molar-refractivity contribution >= 4 is 5.97 Å². The van der Waals surface area contributed by atoms with Gasteiger partial charge in [-0.25, -0.2) is 4.79 Å². The fraction of sp³-hybridized carbons (Fsp3) is 0.278. The van der Waals surface area contributed by atoms with E-state index < -0.39 is 0 Å². The van der Waals surface area contributed by atoms with Crippen LogP contribution in [-0.4, -0.2) is 19.6 Å². The number of hydrogen-bond acceptors (Lipinski definition) is 4. The van der Waals surface area contributed by atoms with Crippen molar-refractivity contribution in [3.05, 3.63) is 65.2 Å². The van der Waals surface area contributed by atoms with Crippen LogP contribution in [0, 0.1) is 0 Å². The summed E-state index contributed by atoms with van der Waals surface area (Å²) in [5.74, 6) is 0.150. The van der Waals surface area contributed by atoms with Gasteiger partial charge in [-0.05, 0) is 29.8 Å². The van der Waals surface area contributed by atoms with Crippen LogP contribution in [0.2, 0.25) is 0 Å². The van der Waals surface area contributed by atoms with Gasteiger partial charge in [-0.2, -0.15) is 0 Å². The molecule has 0 atom stereocenters. The van der Waals surface area contributed by atoms with E-state index in [-0.39, 0.29) is 5.97 Å². The van der Waals surface area contributed by atoms with Gasteiger partial charge in [0.2, 0.25) is 0 Å². The summed E-state index contributed by atoms with van der Waals surface area (Å²) in [7, 11) is 1.38. The Morgan fingerprint density at radius 3 is 2.55 bits per heavy atom. The van der Waals surface area contributed by atoms with Crippen LogP contribution in [0.4, 0.5) is 0 Å². The number of benzene rings is 2. The minimum atomic E-state index is -0.388. The number of hydrogen-bond donors (Lipinski definition) is 1. The van der Waals surface area contributed by atoms with Gasteiger partial charge in [0.1, 0.15) is 17.9 Å². The zero-order valence-corrected chi connectivity index (χ0v) is 13.0. The third kappa shape index (κ3) is 4.33. The van der Waals surface area contributed by atoms with Gasteiger partial charge in [0, 0.05) is 6.54 Å². The van der Waals surface area contributed by atoms with Crippen LogP contribution in [0.25, 0.3) is 0 Å². The Labute approximate surface area is 131 Å². The molecular weight excluding hydrogens is 278 g/mol. The minimum absolute atomic E-state index is 0.388. The van der Waals surface area contributed by atoms with Crippen LogP contribution >= 0.6 is 0 Å². The molecular formula is C18H21NO3. The van der Waals surface area contributed by atoms with Crippen LogP contribution < -0.4 is 10.1 Å². The fourth-order valence-electron chi connectivity index (χ4n) is 2.09. The van der Waals surface area contributed by atoms with Crippen molar-refractivity contribution in [3.63, 3.8) is 0 Å². The van der Waals surface area contributed by atoms with Crippen LogP contribution in [0.3, 0.4) is 0 Å². The fourth-order valence-corrected chi connectivity index (χ4v) is 2.09. The lowest BCUT2D eigenvalue weighted by atomic mass is 10.1. The Morgan fingerprint density at radius 1 is 1.09 bits per heavy atom. The Kier molecular flexibility index (Phi) is 5.98. The first-order valence-electron chi connectivity index (χ1n) is 7.33. The summed E-state index contributed by atoms with van der Waals surface area (Å²) in [6, 6.07) is 15.4. The molecule has 4 nitrogen and oxygen atoms in total. The monoisotopic (exact) mass is 299 g/mol. The molecule has 0 unspecified atom stereocenters. The molecule has 1 N–H and O–H groups in total. The largest absolute Gasteiger partial charge is 0.488 e. The van der Waals surface area contributed by atoms with E-state index in [0.717, 1.165) is 17.7 Å². The predicted molar refractivity (Wildman–Crippen MR) is 85.9 cm³/mol. The first kappa shape index (κ1) is 16.0. The highest BCUT2D eigenvalue weighted by Crippen LogP contribution is 2.22. The van der Waals surface area contributed by atoms with Crippen LogP contribution in [-0.2, 0) is 17.9 Å². The van der Waals surface area contributed by atoms with Crippen molar-refractivity contribution in [3.8, 4) is 5.75 Å². The molecule has 4 heteroatoms. The van der Waals surface area contributed by atoms with Gasteiger partial charge in [-0.3, -0.25) is 0 Å². The minimum Gasteiger partial charge on any atom is -0.488 e. The van der Waals surface area contributed by atoms with Crippen molar-refractivity contribution in [2.45, 2.75) is 20.1 Å². The number of carbonyl (C=O) groups excluding carboxylic acids is 1.